The number of hydrogen-bond donors (Lipinski definition) is 1. The summed E-state index contributed by atoms with van der Waals surface area (Å²) in [6.45, 7) is 0. The predicted octanol–water partition coefficient (Wildman–Crippen LogP) is 2.74. The molecule has 5 nitrogen and oxygen atoms in total. The lowest BCUT2D eigenvalue weighted by Crippen LogP contribution is -2.03. The lowest BCUT2D eigenvalue weighted by Gasteiger charge is -2.02. The van der Waals surface area contributed by atoms with Crippen LogP contribution in [0.15, 0.2) is 34.9 Å². The standard InChI is InChI=1S/C14H12N4O/c15-14-17-12(8-5-6-8)16-13(18-14)10-7-19-11-4-2-1-3-9(10)11/h1-4,7-8H,5-6H2,(H2,15,16,17,18). The van der Waals surface area contributed by atoms with Gasteiger partial charge in [0.15, 0.2) is 5.82 Å². The Labute approximate surface area is 109 Å². The molecule has 1 aliphatic rings. The smallest absolute Gasteiger partial charge is 0.223 e. The van der Waals surface area contributed by atoms with E-state index in [-0.39, 0.29) is 5.95 Å². The van der Waals surface area contributed by atoms with Gasteiger partial charge in [0.1, 0.15) is 17.7 Å². The molecule has 3 aromatic rings. The summed E-state index contributed by atoms with van der Waals surface area (Å²) in [5.41, 5.74) is 7.47. The van der Waals surface area contributed by atoms with Gasteiger partial charge >= 0.3 is 0 Å². The number of rotatable bonds is 2. The van der Waals surface area contributed by atoms with Crippen LogP contribution in [-0.2, 0) is 0 Å². The Bertz CT molecular complexity index is 761. The molecule has 1 saturated carbocycles. The minimum absolute atomic E-state index is 0.275. The number of aromatic nitrogens is 3. The third-order valence-electron chi connectivity index (χ3n) is 3.33. The molecule has 94 valence electrons. The minimum Gasteiger partial charge on any atom is -0.464 e. The predicted molar refractivity (Wildman–Crippen MR) is 71.4 cm³/mol. The van der Waals surface area contributed by atoms with Crippen LogP contribution >= 0.6 is 0 Å². The average Bonchev–Trinajstić information content (AvgIpc) is 3.18. The van der Waals surface area contributed by atoms with Crippen molar-refractivity contribution in [1.29, 1.82) is 0 Å². The summed E-state index contributed by atoms with van der Waals surface area (Å²) < 4.78 is 5.52. The van der Waals surface area contributed by atoms with Crippen molar-refractivity contribution in [3.63, 3.8) is 0 Å². The van der Waals surface area contributed by atoms with Crippen molar-refractivity contribution in [2.24, 2.45) is 0 Å². The Kier molecular flexibility index (Phi) is 2.09. The molecule has 1 aromatic carbocycles. The summed E-state index contributed by atoms with van der Waals surface area (Å²) in [5, 5.41) is 0.995. The van der Waals surface area contributed by atoms with E-state index in [1.54, 1.807) is 6.26 Å². The number of nitrogens with zero attached hydrogens (tertiary/aromatic N) is 3. The SMILES string of the molecule is Nc1nc(-c2coc3ccccc23)nc(C2CC2)n1. The average molecular weight is 252 g/mol. The van der Waals surface area contributed by atoms with Crippen molar-refractivity contribution in [1.82, 2.24) is 15.0 Å². The topological polar surface area (TPSA) is 77.8 Å². The van der Waals surface area contributed by atoms with Crippen LogP contribution in [0.2, 0.25) is 0 Å². The Morgan fingerprint density at radius 1 is 1.11 bits per heavy atom. The van der Waals surface area contributed by atoms with E-state index in [0.29, 0.717) is 11.7 Å². The first-order chi connectivity index (χ1) is 9.31. The fraction of sp³-hybridized carbons (Fsp3) is 0.214. The largest absolute Gasteiger partial charge is 0.464 e. The van der Waals surface area contributed by atoms with Gasteiger partial charge in [-0.25, -0.2) is 4.98 Å². The van der Waals surface area contributed by atoms with Gasteiger partial charge < -0.3 is 10.2 Å². The maximum atomic E-state index is 5.78. The molecule has 5 heteroatoms. The third kappa shape index (κ3) is 1.74. The zero-order valence-electron chi connectivity index (χ0n) is 10.2. The molecule has 0 amide bonds. The van der Waals surface area contributed by atoms with Gasteiger partial charge in [-0.3, -0.25) is 0 Å². The van der Waals surface area contributed by atoms with E-state index >= 15 is 0 Å². The van der Waals surface area contributed by atoms with E-state index in [9.17, 15) is 0 Å². The van der Waals surface area contributed by atoms with Gasteiger partial charge in [0, 0.05) is 11.3 Å². The van der Waals surface area contributed by atoms with Gasteiger partial charge in [0.2, 0.25) is 5.95 Å². The molecule has 2 N–H and O–H groups in total. The fourth-order valence-electron chi connectivity index (χ4n) is 2.20. The molecular formula is C14H12N4O. The molecule has 0 saturated heterocycles. The number of nitrogen functional groups attached to an aromatic ring is 1. The number of nitrogens with two attached hydrogens (primary N) is 1. The molecule has 1 fully saturated rings. The molecule has 2 aromatic heterocycles. The van der Waals surface area contributed by atoms with E-state index in [1.807, 2.05) is 24.3 Å². The van der Waals surface area contributed by atoms with E-state index < -0.39 is 0 Å². The lowest BCUT2D eigenvalue weighted by atomic mass is 10.1. The molecular weight excluding hydrogens is 240 g/mol. The normalized spacial score (nSPS) is 14.9. The first-order valence-corrected chi connectivity index (χ1v) is 6.29. The molecule has 1 aliphatic carbocycles. The lowest BCUT2D eigenvalue weighted by molar-refractivity contribution is 0.616. The Morgan fingerprint density at radius 2 is 1.95 bits per heavy atom. The molecule has 2 heterocycles. The fourth-order valence-corrected chi connectivity index (χ4v) is 2.20. The molecule has 0 spiro atoms. The first kappa shape index (κ1) is 10.5. The monoisotopic (exact) mass is 252 g/mol. The highest BCUT2D eigenvalue weighted by Gasteiger charge is 2.28. The summed E-state index contributed by atoms with van der Waals surface area (Å²) in [5.74, 6) is 2.12. The van der Waals surface area contributed by atoms with Crippen molar-refractivity contribution in [2.45, 2.75) is 18.8 Å². The third-order valence-corrected chi connectivity index (χ3v) is 3.33. The highest BCUT2D eigenvalue weighted by Crippen LogP contribution is 2.39. The van der Waals surface area contributed by atoms with Crippen LogP contribution in [0.25, 0.3) is 22.4 Å². The zero-order chi connectivity index (χ0) is 12.8. The first-order valence-electron chi connectivity index (χ1n) is 6.29. The summed E-state index contributed by atoms with van der Waals surface area (Å²) >= 11 is 0. The van der Waals surface area contributed by atoms with Gasteiger partial charge in [0.25, 0.3) is 0 Å². The molecule has 0 bridgehead atoms. The van der Waals surface area contributed by atoms with Crippen LogP contribution in [0, 0.1) is 0 Å². The molecule has 0 aliphatic heterocycles. The number of anilines is 1. The van der Waals surface area contributed by atoms with E-state index in [4.69, 9.17) is 10.2 Å². The minimum atomic E-state index is 0.275. The second-order valence-corrected chi connectivity index (χ2v) is 4.80. The van der Waals surface area contributed by atoms with Crippen molar-refractivity contribution in [3.8, 4) is 11.4 Å². The maximum absolute atomic E-state index is 5.78. The second-order valence-electron chi connectivity index (χ2n) is 4.80. The van der Waals surface area contributed by atoms with Crippen LogP contribution in [-0.4, -0.2) is 15.0 Å². The van der Waals surface area contributed by atoms with Gasteiger partial charge in [-0.1, -0.05) is 18.2 Å². The van der Waals surface area contributed by atoms with Crippen molar-refractivity contribution in [3.05, 3.63) is 36.4 Å². The van der Waals surface area contributed by atoms with Gasteiger partial charge in [-0.05, 0) is 18.9 Å². The Morgan fingerprint density at radius 3 is 2.79 bits per heavy atom. The molecule has 4 rings (SSSR count). The molecule has 0 unspecified atom stereocenters. The van der Waals surface area contributed by atoms with E-state index in [1.165, 1.54) is 0 Å². The quantitative estimate of drug-likeness (QED) is 0.758. The molecule has 0 radical (unpaired) electrons. The maximum Gasteiger partial charge on any atom is 0.223 e. The summed E-state index contributed by atoms with van der Waals surface area (Å²) in [6, 6.07) is 7.82. The van der Waals surface area contributed by atoms with Gasteiger partial charge in [-0.2, -0.15) is 9.97 Å². The van der Waals surface area contributed by atoms with E-state index in [2.05, 4.69) is 15.0 Å². The number of para-hydroxylation sites is 1. The van der Waals surface area contributed by atoms with Crippen LogP contribution in [0.4, 0.5) is 5.95 Å². The zero-order valence-corrected chi connectivity index (χ0v) is 10.2. The van der Waals surface area contributed by atoms with Crippen LogP contribution in [0.1, 0.15) is 24.6 Å². The van der Waals surface area contributed by atoms with Crippen LogP contribution in [0.5, 0.6) is 0 Å². The Balaban J connectivity index is 1.91. The highest BCUT2D eigenvalue weighted by atomic mass is 16.3. The second kappa shape index (κ2) is 3.78. The number of furan rings is 1. The number of benzene rings is 1. The molecule has 0 atom stereocenters. The number of hydrogen-bond acceptors (Lipinski definition) is 5. The van der Waals surface area contributed by atoms with Gasteiger partial charge in [-0.15, -0.1) is 0 Å². The molecule has 19 heavy (non-hydrogen) atoms. The highest BCUT2D eigenvalue weighted by molar-refractivity contribution is 5.92. The summed E-state index contributed by atoms with van der Waals surface area (Å²) in [6.07, 6.45) is 3.94. The summed E-state index contributed by atoms with van der Waals surface area (Å²) in [4.78, 5) is 13.0. The van der Waals surface area contributed by atoms with Crippen molar-refractivity contribution < 1.29 is 4.42 Å². The van der Waals surface area contributed by atoms with Gasteiger partial charge in [0.05, 0.1) is 5.56 Å². The van der Waals surface area contributed by atoms with Crippen LogP contribution in [0.3, 0.4) is 0 Å². The Hall–Kier alpha value is -2.43. The van der Waals surface area contributed by atoms with E-state index in [0.717, 1.165) is 35.2 Å². The number of fused-ring (bicyclic) bond motifs is 1. The van der Waals surface area contributed by atoms with Crippen molar-refractivity contribution in [2.75, 3.05) is 5.73 Å². The van der Waals surface area contributed by atoms with Crippen LogP contribution < -0.4 is 5.73 Å². The summed E-state index contributed by atoms with van der Waals surface area (Å²) in [7, 11) is 0. The van der Waals surface area contributed by atoms with Crippen molar-refractivity contribution >= 4 is 16.9 Å².